The van der Waals surface area contributed by atoms with Crippen LogP contribution >= 0.6 is 15.9 Å². The first-order valence-corrected chi connectivity index (χ1v) is 7.76. The van der Waals surface area contributed by atoms with E-state index in [-0.39, 0.29) is 5.91 Å². The predicted octanol–water partition coefficient (Wildman–Crippen LogP) is 3.31. The van der Waals surface area contributed by atoms with Crippen LogP contribution < -0.4 is 15.8 Å². The summed E-state index contributed by atoms with van der Waals surface area (Å²) in [7, 11) is 1.61. The van der Waals surface area contributed by atoms with Gasteiger partial charge in [-0.25, -0.2) is 0 Å². The first-order valence-electron chi connectivity index (χ1n) is 6.96. The van der Waals surface area contributed by atoms with Gasteiger partial charge in [-0.3, -0.25) is 4.79 Å². The van der Waals surface area contributed by atoms with Crippen LogP contribution in [0.15, 0.2) is 22.7 Å². The third-order valence-corrected chi connectivity index (χ3v) is 4.71. The first-order chi connectivity index (χ1) is 9.61. The number of carbonyl (C=O) groups is 1. The third kappa shape index (κ3) is 3.15. The van der Waals surface area contributed by atoms with Gasteiger partial charge in [0.05, 0.1) is 17.0 Å². The molecular formula is C15H21BrN2O2. The van der Waals surface area contributed by atoms with Gasteiger partial charge in [-0.15, -0.1) is 0 Å². The molecule has 4 nitrogen and oxygen atoms in total. The Labute approximate surface area is 128 Å². The zero-order valence-corrected chi connectivity index (χ0v) is 13.3. The topological polar surface area (TPSA) is 64.3 Å². The molecule has 1 fully saturated rings. The molecule has 0 atom stereocenters. The molecule has 1 saturated carbocycles. The number of halogens is 1. The van der Waals surface area contributed by atoms with Crippen LogP contribution in [0.2, 0.25) is 0 Å². The summed E-state index contributed by atoms with van der Waals surface area (Å²) in [4.78, 5) is 12.5. The summed E-state index contributed by atoms with van der Waals surface area (Å²) in [5.41, 5.74) is 6.24. The van der Waals surface area contributed by atoms with E-state index in [0.717, 1.165) is 41.6 Å². The van der Waals surface area contributed by atoms with Gasteiger partial charge in [-0.05, 0) is 47.0 Å². The minimum atomic E-state index is -0.398. The molecule has 5 heteroatoms. The van der Waals surface area contributed by atoms with Gasteiger partial charge in [0.2, 0.25) is 5.91 Å². The van der Waals surface area contributed by atoms with Gasteiger partial charge in [-0.1, -0.05) is 19.3 Å². The zero-order valence-electron chi connectivity index (χ0n) is 11.7. The fourth-order valence-electron chi connectivity index (χ4n) is 2.76. The average molecular weight is 341 g/mol. The minimum absolute atomic E-state index is 0.0387. The van der Waals surface area contributed by atoms with Gasteiger partial charge in [0.1, 0.15) is 5.75 Å². The van der Waals surface area contributed by atoms with E-state index < -0.39 is 5.41 Å². The number of methoxy groups -OCH3 is 1. The van der Waals surface area contributed by atoms with E-state index in [1.165, 1.54) is 6.42 Å². The molecule has 0 radical (unpaired) electrons. The molecule has 1 aromatic carbocycles. The summed E-state index contributed by atoms with van der Waals surface area (Å²) >= 11 is 3.42. The number of benzene rings is 1. The molecule has 1 aromatic rings. The molecule has 1 aliphatic carbocycles. The van der Waals surface area contributed by atoms with E-state index in [0.29, 0.717) is 6.54 Å². The molecule has 0 aliphatic heterocycles. The van der Waals surface area contributed by atoms with Crippen molar-refractivity contribution in [3.63, 3.8) is 0 Å². The van der Waals surface area contributed by atoms with Crippen LogP contribution in [0, 0.1) is 5.41 Å². The van der Waals surface area contributed by atoms with Crippen molar-refractivity contribution in [2.45, 2.75) is 32.1 Å². The Morgan fingerprint density at radius 2 is 2.10 bits per heavy atom. The van der Waals surface area contributed by atoms with E-state index >= 15 is 0 Å². The van der Waals surface area contributed by atoms with Gasteiger partial charge in [0.25, 0.3) is 0 Å². The fraction of sp³-hybridized carbons (Fsp3) is 0.533. The lowest BCUT2D eigenvalue weighted by atomic mass is 9.73. The Kier molecular flexibility index (Phi) is 5.05. The Balaban J connectivity index is 2.12. The van der Waals surface area contributed by atoms with Crippen LogP contribution in [0.1, 0.15) is 32.1 Å². The van der Waals surface area contributed by atoms with E-state index in [1.807, 2.05) is 18.2 Å². The van der Waals surface area contributed by atoms with E-state index in [4.69, 9.17) is 10.5 Å². The smallest absolute Gasteiger partial charge is 0.231 e. The Hall–Kier alpha value is -1.07. The van der Waals surface area contributed by atoms with Crippen LogP contribution in [0.4, 0.5) is 5.69 Å². The maximum absolute atomic E-state index is 12.5. The first kappa shape index (κ1) is 15.3. The van der Waals surface area contributed by atoms with Gasteiger partial charge < -0.3 is 15.8 Å². The highest BCUT2D eigenvalue weighted by molar-refractivity contribution is 9.10. The van der Waals surface area contributed by atoms with Crippen molar-refractivity contribution < 1.29 is 9.53 Å². The van der Waals surface area contributed by atoms with Crippen molar-refractivity contribution in [2.24, 2.45) is 11.1 Å². The second-order valence-electron chi connectivity index (χ2n) is 5.35. The van der Waals surface area contributed by atoms with Crippen LogP contribution in [0.3, 0.4) is 0 Å². The summed E-state index contributed by atoms with van der Waals surface area (Å²) in [5, 5.41) is 2.99. The lowest BCUT2D eigenvalue weighted by Crippen LogP contribution is -2.43. The van der Waals surface area contributed by atoms with Gasteiger partial charge in [0.15, 0.2) is 0 Å². The van der Waals surface area contributed by atoms with Crippen LogP contribution in [-0.2, 0) is 4.79 Å². The SMILES string of the molecule is COc1ccc(NC(=O)C2(CN)CCCCC2)cc1Br. The van der Waals surface area contributed by atoms with Crippen molar-refractivity contribution in [2.75, 3.05) is 19.0 Å². The maximum Gasteiger partial charge on any atom is 0.231 e. The number of anilines is 1. The summed E-state index contributed by atoms with van der Waals surface area (Å²) in [6.45, 7) is 0.413. The normalized spacial score (nSPS) is 17.6. The molecule has 0 bridgehead atoms. The van der Waals surface area contributed by atoms with Gasteiger partial charge in [0, 0.05) is 12.2 Å². The summed E-state index contributed by atoms with van der Waals surface area (Å²) in [5.74, 6) is 0.783. The van der Waals surface area contributed by atoms with E-state index in [2.05, 4.69) is 21.2 Å². The second-order valence-corrected chi connectivity index (χ2v) is 6.20. The largest absolute Gasteiger partial charge is 0.496 e. The number of nitrogens with two attached hydrogens (primary N) is 1. The highest BCUT2D eigenvalue weighted by atomic mass is 79.9. The number of rotatable bonds is 4. The summed E-state index contributed by atoms with van der Waals surface area (Å²) in [6, 6.07) is 5.52. The molecule has 1 aliphatic rings. The number of hydrogen-bond acceptors (Lipinski definition) is 3. The Bertz CT molecular complexity index is 485. The molecule has 0 heterocycles. The van der Waals surface area contributed by atoms with Crippen LogP contribution in [0.5, 0.6) is 5.75 Å². The lowest BCUT2D eigenvalue weighted by Gasteiger charge is -2.34. The number of amides is 1. The molecule has 0 spiro atoms. The quantitative estimate of drug-likeness (QED) is 0.883. The van der Waals surface area contributed by atoms with Crippen molar-refractivity contribution in [3.8, 4) is 5.75 Å². The second kappa shape index (κ2) is 6.59. The Morgan fingerprint density at radius 1 is 1.40 bits per heavy atom. The van der Waals surface area contributed by atoms with Gasteiger partial charge >= 0.3 is 0 Å². The average Bonchev–Trinajstić information content (AvgIpc) is 2.48. The molecule has 2 rings (SSSR count). The molecular weight excluding hydrogens is 320 g/mol. The molecule has 110 valence electrons. The number of carbonyl (C=O) groups excluding carboxylic acids is 1. The van der Waals surface area contributed by atoms with Crippen LogP contribution in [0.25, 0.3) is 0 Å². The van der Waals surface area contributed by atoms with E-state index in [1.54, 1.807) is 7.11 Å². The molecule has 0 saturated heterocycles. The van der Waals surface area contributed by atoms with Gasteiger partial charge in [-0.2, -0.15) is 0 Å². The van der Waals surface area contributed by atoms with Crippen molar-refractivity contribution in [1.82, 2.24) is 0 Å². The number of hydrogen-bond donors (Lipinski definition) is 2. The highest BCUT2D eigenvalue weighted by Crippen LogP contribution is 2.37. The van der Waals surface area contributed by atoms with Crippen LogP contribution in [-0.4, -0.2) is 19.6 Å². The predicted molar refractivity (Wildman–Crippen MR) is 83.9 cm³/mol. The maximum atomic E-state index is 12.5. The number of ether oxygens (including phenoxy) is 1. The monoisotopic (exact) mass is 340 g/mol. The molecule has 20 heavy (non-hydrogen) atoms. The van der Waals surface area contributed by atoms with E-state index in [9.17, 15) is 4.79 Å². The third-order valence-electron chi connectivity index (χ3n) is 4.09. The molecule has 1 amide bonds. The van der Waals surface area contributed by atoms with Crippen molar-refractivity contribution >= 4 is 27.5 Å². The summed E-state index contributed by atoms with van der Waals surface area (Å²) in [6.07, 6.45) is 5.12. The van der Waals surface area contributed by atoms with Crippen molar-refractivity contribution in [1.29, 1.82) is 0 Å². The molecule has 0 unspecified atom stereocenters. The lowest BCUT2D eigenvalue weighted by molar-refractivity contribution is -0.126. The summed E-state index contributed by atoms with van der Waals surface area (Å²) < 4.78 is 6.01. The Morgan fingerprint density at radius 3 is 2.65 bits per heavy atom. The zero-order chi connectivity index (χ0) is 14.6. The molecule has 0 aromatic heterocycles. The minimum Gasteiger partial charge on any atom is -0.496 e. The molecule has 3 N–H and O–H groups in total. The van der Waals surface area contributed by atoms with Crippen molar-refractivity contribution in [3.05, 3.63) is 22.7 Å². The standard InChI is InChI=1S/C15H21BrN2O2/c1-20-13-6-5-11(9-12(13)16)18-14(19)15(10-17)7-3-2-4-8-15/h5-6,9H,2-4,7-8,10,17H2,1H3,(H,18,19). The number of nitrogens with one attached hydrogen (secondary N) is 1. The fourth-order valence-corrected chi connectivity index (χ4v) is 3.30. The highest BCUT2D eigenvalue weighted by Gasteiger charge is 2.38.